The molecule has 0 N–H and O–H groups in total. The van der Waals surface area contributed by atoms with Crippen LogP contribution in [0, 0.1) is 0 Å². The van der Waals surface area contributed by atoms with Crippen molar-refractivity contribution in [3.63, 3.8) is 0 Å². The second-order valence-corrected chi connectivity index (χ2v) is 7.95. The van der Waals surface area contributed by atoms with Gasteiger partial charge < -0.3 is 0 Å². The van der Waals surface area contributed by atoms with E-state index in [0.717, 1.165) is 16.8 Å². The first-order valence-corrected chi connectivity index (χ1v) is 9.75. The number of halogens is 4. The van der Waals surface area contributed by atoms with Crippen molar-refractivity contribution < 1.29 is 13.2 Å². The molecule has 5 nitrogen and oxygen atoms in total. The highest BCUT2D eigenvalue weighted by atomic mass is 35.5. The first-order chi connectivity index (χ1) is 13.2. The standard InChI is InChI=1S/C17H9ClF3N3O2S2/c1-23-12(17(19,20)21)7-13(25)24(16(23)26)8-2-3-11-9(6-8)14(28-22-11)15-10(18)4-5-27-15/h2-7H,1H3. The number of hydrogen-bond acceptors (Lipinski definition) is 5. The van der Waals surface area contributed by atoms with Crippen molar-refractivity contribution in [2.24, 2.45) is 7.05 Å². The zero-order chi connectivity index (χ0) is 20.2. The van der Waals surface area contributed by atoms with E-state index in [2.05, 4.69) is 4.37 Å². The van der Waals surface area contributed by atoms with Crippen LogP contribution in [0.5, 0.6) is 0 Å². The van der Waals surface area contributed by atoms with E-state index in [9.17, 15) is 22.8 Å². The van der Waals surface area contributed by atoms with Crippen molar-refractivity contribution in [2.45, 2.75) is 6.18 Å². The Hall–Kier alpha value is -2.43. The molecule has 4 rings (SSSR count). The highest BCUT2D eigenvalue weighted by Gasteiger charge is 2.35. The maximum Gasteiger partial charge on any atom is 0.431 e. The molecule has 0 saturated carbocycles. The molecular formula is C17H9ClF3N3O2S2. The Kier molecular flexibility index (Phi) is 4.44. The Morgan fingerprint density at radius 1 is 1.11 bits per heavy atom. The van der Waals surface area contributed by atoms with E-state index < -0.39 is 23.1 Å². The largest absolute Gasteiger partial charge is 0.431 e. The summed E-state index contributed by atoms with van der Waals surface area (Å²) in [6.07, 6.45) is -4.81. The monoisotopic (exact) mass is 443 g/mol. The van der Waals surface area contributed by atoms with Gasteiger partial charge in [-0.15, -0.1) is 11.3 Å². The normalized spacial score (nSPS) is 12.0. The second kappa shape index (κ2) is 6.57. The lowest BCUT2D eigenvalue weighted by molar-refractivity contribution is -0.144. The summed E-state index contributed by atoms with van der Waals surface area (Å²) in [5.74, 6) is 0. The van der Waals surface area contributed by atoms with Crippen LogP contribution in [-0.4, -0.2) is 13.5 Å². The molecule has 0 radical (unpaired) electrons. The number of thiophene rings is 1. The Bertz CT molecular complexity index is 1330. The van der Waals surface area contributed by atoms with Crippen molar-refractivity contribution in [1.29, 1.82) is 0 Å². The minimum Gasteiger partial charge on any atom is -0.292 e. The molecular weight excluding hydrogens is 435 g/mol. The van der Waals surface area contributed by atoms with Gasteiger partial charge in [0.2, 0.25) is 0 Å². The van der Waals surface area contributed by atoms with Crippen LogP contribution in [0.4, 0.5) is 13.2 Å². The fourth-order valence-electron chi connectivity index (χ4n) is 2.82. The molecule has 0 bridgehead atoms. The highest BCUT2D eigenvalue weighted by Crippen LogP contribution is 2.40. The predicted octanol–water partition coefficient (Wildman–Crippen LogP) is 4.55. The van der Waals surface area contributed by atoms with E-state index in [1.54, 1.807) is 18.2 Å². The fraction of sp³-hybridized carbons (Fsp3) is 0.118. The Morgan fingerprint density at radius 3 is 2.50 bits per heavy atom. The minimum absolute atomic E-state index is 0.154. The van der Waals surface area contributed by atoms with Crippen LogP contribution in [0.2, 0.25) is 5.02 Å². The average molecular weight is 444 g/mol. The molecule has 0 aliphatic rings. The molecule has 0 fully saturated rings. The molecule has 3 heterocycles. The van der Waals surface area contributed by atoms with Crippen LogP contribution in [0.25, 0.3) is 26.3 Å². The highest BCUT2D eigenvalue weighted by molar-refractivity contribution is 7.20. The number of hydrogen-bond donors (Lipinski definition) is 0. The molecule has 3 aromatic heterocycles. The summed E-state index contributed by atoms with van der Waals surface area (Å²) < 4.78 is 44.5. The number of nitrogens with zero attached hydrogens (tertiary/aromatic N) is 3. The Balaban J connectivity index is 1.96. The molecule has 144 valence electrons. The molecule has 4 aromatic rings. The van der Waals surface area contributed by atoms with Crippen molar-refractivity contribution in [3.8, 4) is 15.4 Å². The molecule has 11 heteroatoms. The third-order valence-corrected chi connectivity index (χ3v) is 6.53. The first-order valence-electron chi connectivity index (χ1n) is 7.72. The van der Waals surface area contributed by atoms with Gasteiger partial charge in [-0.3, -0.25) is 9.36 Å². The van der Waals surface area contributed by atoms with Crippen LogP contribution >= 0.6 is 34.5 Å². The van der Waals surface area contributed by atoms with Gasteiger partial charge in [0.1, 0.15) is 5.69 Å². The molecule has 0 unspecified atom stereocenters. The van der Waals surface area contributed by atoms with Crippen LogP contribution in [-0.2, 0) is 13.2 Å². The summed E-state index contributed by atoms with van der Waals surface area (Å²) in [6.45, 7) is 0. The first kappa shape index (κ1) is 18.9. The molecule has 0 aliphatic carbocycles. The van der Waals surface area contributed by atoms with Gasteiger partial charge >= 0.3 is 11.9 Å². The minimum atomic E-state index is -4.81. The lowest BCUT2D eigenvalue weighted by Gasteiger charge is -2.14. The predicted molar refractivity (Wildman–Crippen MR) is 104 cm³/mol. The van der Waals surface area contributed by atoms with Crippen molar-refractivity contribution in [3.05, 3.63) is 67.3 Å². The number of benzene rings is 1. The van der Waals surface area contributed by atoms with Crippen LogP contribution < -0.4 is 11.2 Å². The van der Waals surface area contributed by atoms with Gasteiger partial charge in [0.15, 0.2) is 0 Å². The smallest absolute Gasteiger partial charge is 0.292 e. The van der Waals surface area contributed by atoms with Crippen molar-refractivity contribution in [2.75, 3.05) is 0 Å². The van der Waals surface area contributed by atoms with E-state index in [1.165, 1.54) is 28.9 Å². The molecule has 0 atom stereocenters. The molecule has 1 aromatic carbocycles. The lowest BCUT2D eigenvalue weighted by Crippen LogP contribution is -2.40. The summed E-state index contributed by atoms with van der Waals surface area (Å²) in [5.41, 5.74) is -2.67. The number of fused-ring (bicyclic) bond motifs is 1. The molecule has 0 aliphatic heterocycles. The van der Waals surface area contributed by atoms with Crippen LogP contribution in [0.15, 0.2) is 45.3 Å². The van der Waals surface area contributed by atoms with Crippen LogP contribution in [0.1, 0.15) is 5.69 Å². The summed E-state index contributed by atoms with van der Waals surface area (Å²) in [6, 6.07) is 6.79. The van der Waals surface area contributed by atoms with Gasteiger partial charge in [-0.05, 0) is 41.2 Å². The van der Waals surface area contributed by atoms with Gasteiger partial charge in [-0.25, -0.2) is 9.36 Å². The number of alkyl halides is 3. The molecule has 0 saturated heterocycles. The molecule has 28 heavy (non-hydrogen) atoms. The average Bonchev–Trinajstić information content (AvgIpc) is 3.22. The fourth-order valence-corrected chi connectivity index (χ4v) is 5.04. The Labute approximate surface area is 168 Å². The quantitative estimate of drug-likeness (QED) is 0.457. The second-order valence-electron chi connectivity index (χ2n) is 5.85. The van der Waals surface area contributed by atoms with Crippen molar-refractivity contribution in [1.82, 2.24) is 13.5 Å². The van der Waals surface area contributed by atoms with E-state index in [1.807, 2.05) is 5.38 Å². The SMILES string of the molecule is Cn1c(C(F)(F)F)cc(=O)n(-c2ccc3nsc(-c4sccc4Cl)c3c2)c1=O. The maximum atomic E-state index is 13.0. The van der Waals surface area contributed by atoms with E-state index in [0.29, 0.717) is 31.1 Å². The molecule has 0 spiro atoms. The van der Waals surface area contributed by atoms with Crippen LogP contribution in [0.3, 0.4) is 0 Å². The van der Waals surface area contributed by atoms with Gasteiger partial charge in [0.05, 0.1) is 26.0 Å². The Morgan fingerprint density at radius 2 is 1.86 bits per heavy atom. The lowest BCUT2D eigenvalue weighted by atomic mass is 10.2. The summed E-state index contributed by atoms with van der Waals surface area (Å²) in [4.78, 5) is 26.4. The molecule has 0 amide bonds. The third-order valence-electron chi connectivity index (χ3n) is 4.15. The van der Waals surface area contributed by atoms with Gasteiger partial charge in [0, 0.05) is 18.5 Å². The van der Waals surface area contributed by atoms with Gasteiger partial charge in [-0.1, -0.05) is 11.6 Å². The van der Waals surface area contributed by atoms with Gasteiger partial charge in [0.25, 0.3) is 5.56 Å². The van der Waals surface area contributed by atoms with E-state index in [-0.39, 0.29) is 5.69 Å². The topological polar surface area (TPSA) is 56.9 Å². The van der Waals surface area contributed by atoms with E-state index in [4.69, 9.17) is 11.6 Å². The summed E-state index contributed by atoms with van der Waals surface area (Å²) in [7, 11) is 0.975. The zero-order valence-electron chi connectivity index (χ0n) is 14.0. The number of rotatable bonds is 2. The number of aromatic nitrogens is 3. The summed E-state index contributed by atoms with van der Waals surface area (Å²) >= 11 is 8.82. The summed E-state index contributed by atoms with van der Waals surface area (Å²) in [5, 5.41) is 3.02. The zero-order valence-corrected chi connectivity index (χ0v) is 16.3. The van der Waals surface area contributed by atoms with Gasteiger partial charge in [-0.2, -0.15) is 17.5 Å². The van der Waals surface area contributed by atoms with E-state index >= 15 is 0 Å². The third kappa shape index (κ3) is 2.97. The van der Waals surface area contributed by atoms with Crippen molar-refractivity contribution >= 4 is 45.4 Å². The maximum absolute atomic E-state index is 13.0.